The Labute approximate surface area is 100 Å². The second-order valence-electron chi connectivity index (χ2n) is 6.07. The second kappa shape index (κ2) is 4.37. The van der Waals surface area contributed by atoms with Crippen LogP contribution in [0.1, 0.15) is 47.0 Å². The molecule has 0 aliphatic heterocycles. The van der Waals surface area contributed by atoms with Crippen molar-refractivity contribution in [3.8, 4) is 0 Å². The molecule has 1 fully saturated rings. The van der Waals surface area contributed by atoms with Crippen molar-refractivity contribution in [3.05, 3.63) is 24.8 Å². The molecule has 92 valence electrons. The average molecular weight is 222 g/mol. The fourth-order valence-electron chi connectivity index (χ4n) is 2.85. The first-order valence-corrected chi connectivity index (χ1v) is 6.26. The summed E-state index contributed by atoms with van der Waals surface area (Å²) in [6.07, 6.45) is 4.74. The third kappa shape index (κ3) is 2.24. The highest BCUT2D eigenvalue weighted by Crippen LogP contribution is 2.50. The molecule has 0 saturated heterocycles. The minimum Gasteiger partial charge on any atom is -0.390 e. The molecule has 0 aromatic heterocycles. The monoisotopic (exact) mass is 222 g/mol. The van der Waals surface area contributed by atoms with E-state index in [1.165, 1.54) is 5.57 Å². The van der Waals surface area contributed by atoms with E-state index in [1.807, 2.05) is 6.08 Å². The summed E-state index contributed by atoms with van der Waals surface area (Å²) in [5.41, 5.74) is 0.750. The van der Waals surface area contributed by atoms with Crippen molar-refractivity contribution in [2.75, 3.05) is 0 Å². The van der Waals surface area contributed by atoms with Crippen molar-refractivity contribution in [1.82, 2.24) is 0 Å². The molecule has 1 heteroatoms. The first-order valence-electron chi connectivity index (χ1n) is 6.26. The summed E-state index contributed by atoms with van der Waals surface area (Å²) in [5.74, 6) is 0.662. The van der Waals surface area contributed by atoms with Crippen molar-refractivity contribution >= 4 is 0 Å². The van der Waals surface area contributed by atoms with Crippen LogP contribution >= 0.6 is 0 Å². The van der Waals surface area contributed by atoms with Crippen LogP contribution in [0.2, 0.25) is 0 Å². The number of rotatable bonds is 3. The third-order valence-corrected chi connectivity index (χ3v) is 4.59. The summed E-state index contributed by atoms with van der Waals surface area (Å²) < 4.78 is 0. The first-order chi connectivity index (χ1) is 7.25. The van der Waals surface area contributed by atoms with Crippen molar-refractivity contribution in [2.45, 2.75) is 52.6 Å². The Kier molecular flexibility index (Phi) is 3.69. The Bertz CT molecular complexity index is 292. The van der Waals surface area contributed by atoms with E-state index in [1.54, 1.807) is 0 Å². The molecule has 3 atom stereocenters. The predicted molar refractivity (Wildman–Crippen MR) is 70.2 cm³/mol. The van der Waals surface area contributed by atoms with Gasteiger partial charge in [-0.1, -0.05) is 39.0 Å². The zero-order valence-corrected chi connectivity index (χ0v) is 11.2. The largest absolute Gasteiger partial charge is 0.390 e. The minimum absolute atomic E-state index is 0.104. The first kappa shape index (κ1) is 13.5. The molecule has 0 radical (unpaired) electrons. The van der Waals surface area contributed by atoms with Crippen LogP contribution in [-0.2, 0) is 0 Å². The van der Waals surface area contributed by atoms with Crippen molar-refractivity contribution in [2.24, 2.45) is 17.3 Å². The Morgan fingerprint density at radius 3 is 2.38 bits per heavy atom. The average Bonchev–Trinajstić information content (AvgIpc) is 2.21. The Morgan fingerprint density at radius 1 is 1.44 bits per heavy atom. The van der Waals surface area contributed by atoms with Gasteiger partial charge in [0.1, 0.15) is 0 Å². The van der Waals surface area contributed by atoms with Crippen molar-refractivity contribution in [3.63, 3.8) is 0 Å². The van der Waals surface area contributed by atoms with Gasteiger partial charge in [-0.05, 0) is 43.4 Å². The van der Waals surface area contributed by atoms with Crippen LogP contribution in [0, 0.1) is 17.3 Å². The highest BCUT2D eigenvalue weighted by Gasteiger charge is 2.46. The standard InChI is InChI=1S/C15H26O/c1-7-14(6)8-9-15(16,12(4)5)10-13(14)11(2)3/h7,12-13,16H,1-2,8-10H2,3-6H3. The third-order valence-electron chi connectivity index (χ3n) is 4.59. The van der Waals surface area contributed by atoms with E-state index in [9.17, 15) is 5.11 Å². The second-order valence-corrected chi connectivity index (χ2v) is 6.07. The van der Waals surface area contributed by atoms with Gasteiger partial charge in [0.15, 0.2) is 0 Å². The van der Waals surface area contributed by atoms with Crippen LogP contribution in [0.15, 0.2) is 24.8 Å². The molecule has 1 nitrogen and oxygen atoms in total. The molecule has 1 aliphatic carbocycles. The fourth-order valence-corrected chi connectivity index (χ4v) is 2.85. The molecule has 0 spiro atoms. The maximum Gasteiger partial charge on any atom is 0.0676 e. The molecule has 3 unspecified atom stereocenters. The van der Waals surface area contributed by atoms with Gasteiger partial charge in [0.05, 0.1) is 5.60 Å². The van der Waals surface area contributed by atoms with Gasteiger partial charge in [-0.15, -0.1) is 6.58 Å². The summed E-state index contributed by atoms with van der Waals surface area (Å²) in [7, 11) is 0. The van der Waals surface area contributed by atoms with E-state index >= 15 is 0 Å². The topological polar surface area (TPSA) is 20.2 Å². The van der Waals surface area contributed by atoms with Crippen molar-refractivity contribution in [1.29, 1.82) is 0 Å². The molecule has 1 rings (SSSR count). The van der Waals surface area contributed by atoms with E-state index in [0.717, 1.165) is 19.3 Å². The van der Waals surface area contributed by atoms with E-state index < -0.39 is 5.60 Å². The molecule has 0 aromatic rings. The summed E-state index contributed by atoms with van der Waals surface area (Å²) in [4.78, 5) is 0. The Morgan fingerprint density at radius 2 is 2.00 bits per heavy atom. The predicted octanol–water partition coefficient (Wildman–Crippen LogP) is 3.94. The van der Waals surface area contributed by atoms with Gasteiger partial charge < -0.3 is 5.11 Å². The smallest absolute Gasteiger partial charge is 0.0676 e. The molecular formula is C15H26O. The number of allylic oxidation sites excluding steroid dienone is 2. The van der Waals surface area contributed by atoms with Crippen LogP contribution in [0.3, 0.4) is 0 Å². The van der Waals surface area contributed by atoms with Crippen LogP contribution in [0.25, 0.3) is 0 Å². The zero-order valence-electron chi connectivity index (χ0n) is 11.2. The molecule has 0 heterocycles. The fraction of sp³-hybridized carbons (Fsp3) is 0.733. The summed E-state index contributed by atoms with van der Waals surface area (Å²) in [6.45, 7) is 16.6. The lowest BCUT2D eigenvalue weighted by Gasteiger charge is -2.49. The van der Waals surface area contributed by atoms with Gasteiger partial charge in [-0.2, -0.15) is 0 Å². The van der Waals surface area contributed by atoms with Crippen LogP contribution in [0.5, 0.6) is 0 Å². The van der Waals surface area contributed by atoms with Crippen LogP contribution < -0.4 is 0 Å². The molecule has 16 heavy (non-hydrogen) atoms. The molecule has 0 amide bonds. The zero-order chi connectivity index (χ0) is 12.6. The molecule has 1 N–H and O–H groups in total. The van der Waals surface area contributed by atoms with Gasteiger partial charge in [0.2, 0.25) is 0 Å². The molecule has 0 aromatic carbocycles. The van der Waals surface area contributed by atoms with Gasteiger partial charge >= 0.3 is 0 Å². The number of aliphatic hydroxyl groups is 1. The van der Waals surface area contributed by atoms with Gasteiger partial charge in [0, 0.05) is 0 Å². The van der Waals surface area contributed by atoms with E-state index in [0.29, 0.717) is 11.8 Å². The molecular weight excluding hydrogens is 196 g/mol. The summed E-state index contributed by atoms with van der Waals surface area (Å²) in [6, 6.07) is 0. The molecule has 1 saturated carbocycles. The normalized spacial score (nSPS) is 39.8. The quantitative estimate of drug-likeness (QED) is 0.717. The van der Waals surface area contributed by atoms with E-state index in [4.69, 9.17) is 0 Å². The number of hydrogen-bond acceptors (Lipinski definition) is 1. The highest BCUT2D eigenvalue weighted by atomic mass is 16.3. The summed E-state index contributed by atoms with van der Waals surface area (Å²) >= 11 is 0. The summed E-state index contributed by atoms with van der Waals surface area (Å²) in [5, 5.41) is 10.6. The maximum atomic E-state index is 10.6. The highest BCUT2D eigenvalue weighted by molar-refractivity contribution is 5.14. The lowest BCUT2D eigenvalue weighted by Crippen LogP contribution is -2.46. The van der Waals surface area contributed by atoms with Crippen molar-refractivity contribution < 1.29 is 5.11 Å². The lowest BCUT2D eigenvalue weighted by molar-refractivity contribution is -0.0742. The van der Waals surface area contributed by atoms with Gasteiger partial charge in [-0.25, -0.2) is 0 Å². The van der Waals surface area contributed by atoms with E-state index in [-0.39, 0.29) is 5.41 Å². The molecule has 0 bridgehead atoms. The van der Waals surface area contributed by atoms with Crippen LogP contribution in [-0.4, -0.2) is 10.7 Å². The van der Waals surface area contributed by atoms with Gasteiger partial charge in [0.25, 0.3) is 0 Å². The lowest BCUT2D eigenvalue weighted by atomic mass is 9.59. The molecule has 1 aliphatic rings. The van der Waals surface area contributed by atoms with Crippen LogP contribution in [0.4, 0.5) is 0 Å². The Hall–Kier alpha value is -0.560. The minimum atomic E-state index is -0.522. The van der Waals surface area contributed by atoms with Gasteiger partial charge in [-0.3, -0.25) is 0 Å². The number of hydrogen-bond donors (Lipinski definition) is 1. The van der Waals surface area contributed by atoms with E-state index in [2.05, 4.69) is 40.9 Å². The Balaban J connectivity index is 2.98. The SMILES string of the molecule is C=CC1(C)CCC(O)(C(C)C)CC1C(=C)C. The maximum absolute atomic E-state index is 10.6.